The number of hydrogen-bond acceptors (Lipinski definition) is 16. The SMILES string of the molecule is C[C@@H]1O[C@@H](Oc2cc3c(=O)oc4c(O)c(O)cc5c(=O)oc(c2O)c3c45)[C@H](O)[C@H](O)[C@H]1OC(=O)c1cc(O)c(O)c(O)c1. The van der Waals surface area contributed by atoms with Crippen LogP contribution >= 0.6 is 0 Å². The molecule has 2 aromatic heterocycles. The molecule has 1 aliphatic heterocycles. The summed E-state index contributed by atoms with van der Waals surface area (Å²) in [5, 5.41) is 80.5. The van der Waals surface area contributed by atoms with Crippen molar-refractivity contribution in [2.75, 3.05) is 0 Å². The van der Waals surface area contributed by atoms with E-state index >= 15 is 0 Å². The second-order valence-electron chi connectivity index (χ2n) is 9.79. The minimum Gasteiger partial charge on any atom is -0.504 e. The lowest BCUT2D eigenvalue weighted by Gasteiger charge is -2.40. The fourth-order valence-electron chi connectivity index (χ4n) is 4.97. The number of aliphatic hydroxyl groups excluding tert-OH is 2. The quantitative estimate of drug-likeness (QED) is 0.0613. The third kappa shape index (κ3) is 4.15. The van der Waals surface area contributed by atoms with E-state index in [0.29, 0.717) is 0 Å². The Bertz CT molecular complexity index is 2040. The lowest BCUT2D eigenvalue weighted by molar-refractivity contribution is -0.267. The first kappa shape index (κ1) is 27.7. The molecule has 0 unspecified atom stereocenters. The van der Waals surface area contributed by atoms with E-state index in [1.807, 2.05) is 0 Å². The molecule has 1 aliphatic rings. The smallest absolute Gasteiger partial charge is 0.344 e. The van der Waals surface area contributed by atoms with Crippen molar-refractivity contribution in [3.63, 3.8) is 0 Å². The van der Waals surface area contributed by atoms with Crippen molar-refractivity contribution >= 4 is 38.7 Å². The van der Waals surface area contributed by atoms with Gasteiger partial charge >= 0.3 is 17.2 Å². The molecule has 16 nitrogen and oxygen atoms in total. The van der Waals surface area contributed by atoms with Crippen LogP contribution in [0.2, 0.25) is 0 Å². The fourth-order valence-corrected chi connectivity index (χ4v) is 4.97. The number of benzene rings is 3. The highest BCUT2D eigenvalue weighted by atomic mass is 16.7. The standard InChI is InChI=1S/C27H20O16/c1-6-21(41-24(36)7-2-10(28)16(31)11(29)3-7)19(34)20(35)27(39-6)40-13-5-9-15-14-8(25(37)43-23(15)18(13)33)4-12(30)17(32)22(14)42-26(9)38/h2-6,19-21,27-35H,1H3/t6-,19-,20+,21-,27-/m0/s1. The molecule has 3 aromatic carbocycles. The number of rotatable bonds is 4. The van der Waals surface area contributed by atoms with Gasteiger partial charge in [0.1, 0.15) is 12.2 Å². The molecule has 0 aliphatic carbocycles. The molecule has 0 amide bonds. The van der Waals surface area contributed by atoms with E-state index in [0.717, 1.165) is 24.3 Å². The van der Waals surface area contributed by atoms with Gasteiger partial charge in [-0.05, 0) is 31.2 Å². The third-order valence-corrected chi connectivity index (χ3v) is 7.10. The summed E-state index contributed by atoms with van der Waals surface area (Å²) >= 11 is 0. The Hall–Kier alpha value is -5.45. The van der Waals surface area contributed by atoms with Crippen molar-refractivity contribution in [1.82, 2.24) is 0 Å². The highest BCUT2D eigenvalue weighted by Gasteiger charge is 2.46. The Morgan fingerprint density at radius 3 is 1.88 bits per heavy atom. The maximum atomic E-state index is 12.8. The zero-order valence-electron chi connectivity index (χ0n) is 21.5. The fraction of sp³-hybridized carbons (Fsp3) is 0.222. The van der Waals surface area contributed by atoms with Crippen LogP contribution in [0.1, 0.15) is 17.3 Å². The number of aliphatic hydroxyl groups is 2. The number of phenolic OH excluding ortho intramolecular Hbond substituents is 6. The summed E-state index contributed by atoms with van der Waals surface area (Å²) in [5.41, 5.74) is -3.65. The van der Waals surface area contributed by atoms with Gasteiger partial charge in [0.15, 0.2) is 46.0 Å². The van der Waals surface area contributed by atoms with E-state index < -0.39 is 105 Å². The van der Waals surface area contributed by atoms with Gasteiger partial charge in [-0.2, -0.15) is 0 Å². The number of carbonyl (C=O) groups is 1. The molecular weight excluding hydrogens is 580 g/mol. The monoisotopic (exact) mass is 600 g/mol. The summed E-state index contributed by atoms with van der Waals surface area (Å²) in [5.74, 6) is -6.63. The summed E-state index contributed by atoms with van der Waals surface area (Å²) in [6, 6.07) is 3.48. The van der Waals surface area contributed by atoms with Gasteiger partial charge in [-0.3, -0.25) is 0 Å². The molecule has 0 spiro atoms. The molecule has 3 heterocycles. The Labute approximate surface area is 236 Å². The average Bonchev–Trinajstić information content (AvgIpc) is 2.96. The number of phenols is 6. The maximum absolute atomic E-state index is 12.8. The summed E-state index contributed by atoms with van der Waals surface area (Å²) in [6.45, 7) is 1.34. The molecule has 0 saturated carbocycles. The lowest BCUT2D eigenvalue weighted by Crippen LogP contribution is -2.59. The van der Waals surface area contributed by atoms with Crippen LogP contribution in [0.25, 0.3) is 32.7 Å². The molecule has 1 saturated heterocycles. The maximum Gasteiger partial charge on any atom is 0.344 e. The van der Waals surface area contributed by atoms with Crippen molar-refractivity contribution in [2.24, 2.45) is 0 Å². The summed E-state index contributed by atoms with van der Waals surface area (Å²) in [6.07, 6.45) is -8.25. The second kappa shape index (κ2) is 9.55. The normalized spacial score (nSPS) is 22.3. The van der Waals surface area contributed by atoms with Gasteiger partial charge in [0.2, 0.25) is 17.8 Å². The molecule has 1 fully saturated rings. The van der Waals surface area contributed by atoms with E-state index in [1.165, 1.54) is 6.92 Å². The van der Waals surface area contributed by atoms with E-state index in [4.69, 9.17) is 23.0 Å². The van der Waals surface area contributed by atoms with E-state index in [1.54, 1.807) is 0 Å². The van der Waals surface area contributed by atoms with Crippen LogP contribution in [0.3, 0.4) is 0 Å². The Kier molecular flexibility index (Phi) is 6.15. The number of ether oxygens (including phenoxy) is 3. The Morgan fingerprint density at radius 1 is 0.744 bits per heavy atom. The Balaban J connectivity index is 1.33. The van der Waals surface area contributed by atoms with Crippen LogP contribution < -0.4 is 16.0 Å². The average molecular weight is 600 g/mol. The van der Waals surface area contributed by atoms with E-state index in [2.05, 4.69) is 0 Å². The van der Waals surface area contributed by atoms with Crippen LogP contribution in [-0.4, -0.2) is 77.5 Å². The first-order chi connectivity index (χ1) is 20.3. The summed E-state index contributed by atoms with van der Waals surface area (Å²) in [7, 11) is 0. The number of esters is 1. The predicted octanol–water partition coefficient (Wildman–Crippen LogP) is 0.795. The first-order valence-corrected chi connectivity index (χ1v) is 12.4. The molecule has 6 rings (SSSR count). The number of hydrogen-bond donors (Lipinski definition) is 8. The number of aromatic hydroxyl groups is 6. The van der Waals surface area contributed by atoms with Gasteiger partial charge < -0.3 is 63.9 Å². The molecule has 16 heteroatoms. The second-order valence-corrected chi connectivity index (χ2v) is 9.79. The largest absolute Gasteiger partial charge is 0.504 e. The van der Waals surface area contributed by atoms with E-state index in [-0.39, 0.29) is 21.5 Å². The van der Waals surface area contributed by atoms with Gasteiger partial charge in [0, 0.05) is 10.8 Å². The molecule has 8 N–H and O–H groups in total. The van der Waals surface area contributed by atoms with Gasteiger partial charge in [-0.1, -0.05) is 0 Å². The molecule has 5 atom stereocenters. The van der Waals surface area contributed by atoms with Crippen molar-refractivity contribution < 1.29 is 68.7 Å². The van der Waals surface area contributed by atoms with Crippen LogP contribution in [-0.2, 0) is 9.47 Å². The molecule has 0 bridgehead atoms. The molecule has 0 radical (unpaired) electrons. The lowest BCUT2D eigenvalue weighted by atomic mass is 9.99. The third-order valence-electron chi connectivity index (χ3n) is 7.10. The molecular formula is C27H20O16. The predicted molar refractivity (Wildman–Crippen MR) is 140 cm³/mol. The molecule has 43 heavy (non-hydrogen) atoms. The topological polar surface area (TPSA) is 267 Å². The summed E-state index contributed by atoms with van der Waals surface area (Å²) in [4.78, 5) is 38.1. The highest BCUT2D eigenvalue weighted by molar-refractivity contribution is 6.22. The van der Waals surface area contributed by atoms with Crippen LogP contribution in [0.4, 0.5) is 0 Å². The summed E-state index contributed by atoms with van der Waals surface area (Å²) < 4.78 is 26.6. The molecule has 224 valence electrons. The van der Waals surface area contributed by atoms with Crippen molar-refractivity contribution in [3.05, 3.63) is 50.7 Å². The Morgan fingerprint density at radius 2 is 1.28 bits per heavy atom. The van der Waals surface area contributed by atoms with Crippen molar-refractivity contribution in [3.8, 4) is 40.2 Å². The number of carbonyl (C=O) groups excluding carboxylic acids is 1. The highest BCUT2D eigenvalue weighted by Crippen LogP contribution is 2.45. The van der Waals surface area contributed by atoms with Crippen LogP contribution in [0.15, 0.2) is 42.7 Å². The zero-order chi connectivity index (χ0) is 31.1. The minimum atomic E-state index is -1.94. The van der Waals surface area contributed by atoms with Crippen molar-refractivity contribution in [2.45, 2.75) is 37.6 Å². The first-order valence-electron chi connectivity index (χ1n) is 12.4. The van der Waals surface area contributed by atoms with Gasteiger partial charge in [0.25, 0.3) is 0 Å². The molecule has 5 aromatic rings. The van der Waals surface area contributed by atoms with Gasteiger partial charge in [-0.15, -0.1) is 0 Å². The zero-order valence-corrected chi connectivity index (χ0v) is 21.5. The minimum absolute atomic E-state index is 0.129. The van der Waals surface area contributed by atoms with Crippen molar-refractivity contribution in [1.29, 1.82) is 0 Å². The van der Waals surface area contributed by atoms with Crippen LogP contribution in [0.5, 0.6) is 40.2 Å². The van der Waals surface area contributed by atoms with Gasteiger partial charge in [0.05, 0.1) is 22.4 Å². The van der Waals surface area contributed by atoms with Crippen LogP contribution in [0, 0.1) is 0 Å². The van der Waals surface area contributed by atoms with Gasteiger partial charge in [-0.25, -0.2) is 14.4 Å². The van der Waals surface area contributed by atoms with E-state index in [9.17, 15) is 55.2 Å².